The normalized spacial score (nSPS) is 12.7. The summed E-state index contributed by atoms with van der Waals surface area (Å²) in [6.45, 7) is 3.76. The summed E-state index contributed by atoms with van der Waals surface area (Å²) in [6.07, 6.45) is -0.298. The van der Waals surface area contributed by atoms with Gasteiger partial charge in [0, 0.05) is 6.42 Å². The van der Waals surface area contributed by atoms with Gasteiger partial charge in [-0.25, -0.2) is 9.37 Å². The standard InChI is InChI=1S/C13H13ClFNOS/c1-7-13(18-8(2)16-7)12(17)6-9-3-4-10(14)11(15)5-9/h3-5,12,17H,6H2,1-2H3. The Morgan fingerprint density at radius 1 is 1.44 bits per heavy atom. The van der Waals surface area contributed by atoms with E-state index in [0.29, 0.717) is 6.42 Å². The van der Waals surface area contributed by atoms with Gasteiger partial charge in [0.15, 0.2) is 0 Å². The van der Waals surface area contributed by atoms with Gasteiger partial charge in [-0.15, -0.1) is 11.3 Å². The first kappa shape index (κ1) is 13.5. The minimum Gasteiger partial charge on any atom is -0.387 e. The van der Waals surface area contributed by atoms with Gasteiger partial charge in [0.1, 0.15) is 5.82 Å². The summed E-state index contributed by atoms with van der Waals surface area (Å²) in [5.41, 5.74) is 1.55. The van der Waals surface area contributed by atoms with Crippen molar-refractivity contribution < 1.29 is 9.50 Å². The Morgan fingerprint density at radius 2 is 2.17 bits per heavy atom. The largest absolute Gasteiger partial charge is 0.387 e. The van der Waals surface area contributed by atoms with E-state index in [1.807, 2.05) is 13.8 Å². The van der Waals surface area contributed by atoms with E-state index in [-0.39, 0.29) is 5.02 Å². The minimum absolute atomic E-state index is 0.0954. The molecule has 1 heterocycles. The predicted molar refractivity (Wildman–Crippen MR) is 71.7 cm³/mol. The van der Waals surface area contributed by atoms with E-state index in [4.69, 9.17) is 11.6 Å². The molecule has 1 unspecified atom stereocenters. The summed E-state index contributed by atoms with van der Waals surface area (Å²) in [5.74, 6) is -0.460. The predicted octanol–water partition coefficient (Wildman–Crippen LogP) is 3.83. The molecule has 0 saturated carbocycles. The van der Waals surface area contributed by atoms with Gasteiger partial charge in [-0.1, -0.05) is 17.7 Å². The third-order valence-electron chi connectivity index (χ3n) is 2.66. The molecular weight excluding hydrogens is 273 g/mol. The average molecular weight is 286 g/mol. The molecule has 96 valence electrons. The van der Waals surface area contributed by atoms with Gasteiger partial charge in [-0.05, 0) is 31.5 Å². The van der Waals surface area contributed by atoms with Gasteiger partial charge >= 0.3 is 0 Å². The zero-order valence-electron chi connectivity index (χ0n) is 10.1. The molecule has 2 nitrogen and oxygen atoms in total. The van der Waals surface area contributed by atoms with Crippen molar-refractivity contribution in [3.05, 3.63) is 50.2 Å². The third-order valence-corrected chi connectivity index (χ3v) is 4.14. The number of aliphatic hydroxyl groups is 1. The molecule has 0 aliphatic heterocycles. The van der Waals surface area contributed by atoms with E-state index in [9.17, 15) is 9.50 Å². The summed E-state index contributed by atoms with van der Waals surface area (Å²) in [5, 5.41) is 11.2. The van der Waals surface area contributed by atoms with Crippen LogP contribution < -0.4 is 0 Å². The van der Waals surface area contributed by atoms with Crippen LogP contribution in [0.25, 0.3) is 0 Å². The highest BCUT2D eigenvalue weighted by atomic mass is 35.5. The molecule has 18 heavy (non-hydrogen) atoms. The molecule has 1 N–H and O–H groups in total. The van der Waals surface area contributed by atoms with Gasteiger partial charge in [0.2, 0.25) is 0 Å². The van der Waals surface area contributed by atoms with Gasteiger partial charge < -0.3 is 5.11 Å². The molecule has 0 radical (unpaired) electrons. The lowest BCUT2D eigenvalue weighted by Gasteiger charge is -2.09. The fraction of sp³-hybridized carbons (Fsp3) is 0.308. The molecule has 1 aromatic carbocycles. The molecule has 2 aromatic rings. The first-order valence-corrected chi connectivity index (χ1v) is 6.72. The Bertz CT molecular complexity index is 570. The zero-order valence-corrected chi connectivity index (χ0v) is 11.6. The van der Waals surface area contributed by atoms with Crippen molar-refractivity contribution in [3.8, 4) is 0 Å². The van der Waals surface area contributed by atoms with Gasteiger partial charge in [0.05, 0.1) is 26.7 Å². The van der Waals surface area contributed by atoms with Crippen LogP contribution in [-0.4, -0.2) is 10.1 Å². The van der Waals surface area contributed by atoms with Crippen LogP contribution in [0.4, 0.5) is 4.39 Å². The molecule has 0 aliphatic carbocycles. The van der Waals surface area contributed by atoms with Crippen LogP contribution in [0.3, 0.4) is 0 Å². The number of hydrogen-bond acceptors (Lipinski definition) is 3. The third kappa shape index (κ3) is 2.88. The van der Waals surface area contributed by atoms with Crippen molar-refractivity contribution in [2.45, 2.75) is 26.4 Å². The number of hydrogen-bond donors (Lipinski definition) is 1. The number of aliphatic hydroxyl groups excluding tert-OH is 1. The van der Waals surface area contributed by atoms with Gasteiger partial charge in [0.25, 0.3) is 0 Å². The van der Waals surface area contributed by atoms with Crippen molar-refractivity contribution in [2.75, 3.05) is 0 Å². The number of nitrogens with zero attached hydrogens (tertiary/aromatic N) is 1. The second-order valence-electron chi connectivity index (χ2n) is 4.15. The molecule has 0 bridgehead atoms. The summed E-state index contributed by atoms with van der Waals surface area (Å²) < 4.78 is 13.3. The maximum Gasteiger partial charge on any atom is 0.142 e. The van der Waals surface area contributed by atoms with Crippen LogP contribution >= 0.6 is 22.9 Å². The second kappa shape index (κ2) is 5.34. The molecule has 0 spiro atoms. The fourth-order valence-corrected chi connectivity index (χ4v) is 2.87. The average Bonchev–Trinajstić information content (AvgIpc) is 2.63. The van der Waals surface area contributed by atoms with Gasteiger partial charge in [-0.3, -0.25) is 0 Å². The van der Waals surface area contributed by atoms with Crippen LogP contribution in [0, 0.1) is 19.7 Å². The van der Waals surface area contributed by atoms with Crippen LogP contribution in [0.2, 0.25) is 5.02 Å². The number of aryl methyl sites for hydroxylation is 2. The summed E-state index contributed by atoms with van der Waals surface area (Å²) in [7, 11) is 0. The molecule has 0 amide bonds. The maximum atomic E-state index is 13.3. The molecule has 5 heteroatoms. The van der Waals surface area contributed by atoms with E-state index in [0.717, 1.165) is 21.1 Å². The first-order valence-electron chi connectivity index (χ1n) is 5.53. The molecule has 1 aromatic heterocycles. The van der Waals surface area contributed by atoms with E-state index in [2.05, 4.69) is 4.98 Å². The zero-order chi connectivity index (χ0) is 13.3. The topological polar surface area (TPSA) is 33.1 Å². The highest BCUT2D eigenvalue weighted by Gasteiger charge is 2.15. The number of aromatic nitrogens is 1. The number of thiazole rings is 1. The Morgan fingerprint density at radius 3 is 2.72 bits per heavy atom. The number of benzene rings is 1. The first-order chi connectivity index (χ1) is 8.47. The van der Waals surface area contributed by atoms with Crippen molar-refractivity contribution in [1.29, 1.82) is 0 Å². The highest BCUT2D eigenvalue weighted by molar-refractivity contribution is 7.11. The van der Waals surface area contributed by atoms with Crippen LogP contribution in [-0.2, 0) is 6.42 Å². The fourth-order valence-electron chi connectivity index (χ4n) is 1.84. The summed E-state index contributed by atoms with van der Waals surface area (Å²) >= 11 is 7.09. The van der Waals surface area contributed by atoms with Crippen molar-refractivity contribution in [2.24, 2.45) is 0 Å². The number of halogens is 2. The monoisotopic (exact) mass is 285 g/mol. The lowest BCUT2D eigenvalue weighted by atomic mass is 10.1. The lowest BCUT2D eigenvalue weighted by Crippen LogP contribution is -2.01. The maximum absolute atomic E-state index is 13.3. The summed E-state index contributed by atoms with van der Waals surface area (Å²) in [4.78, 5) is 5.10. The quantitative estimate of drug-likeness (QED) is 0.930. The molecule has 2 rings (SSSR count). The molecular formula is C13H13ClFNOS. The van der Waals surface area contributed by atoms with Crippen molar-refractivity contribution >= 4 is 22.9 Å². The van der Waals surface area contributed by atoms with Gasteiger partial charge in [-0.2, -0.15) is 0 Å². The van der Waals surface area contributed by atoms with Crippen LogP contribution in [0.5, 0.6) is 0 Å². The second-order valence-corrected chi connectivity index (χ2v) is 5.79. The smallest absolute Gasteiger partial charge is 0.142 e. The lowest BCUT2D eigenvalue weighted by molar-refractivity contribution is 0.181. The van der Waals surface area contributed by atoms with E-state index >= 15 is 0 Å². The molecule has 1 atom stereocenters. The van der Waals surface area contributed by atoms with Crippen molar-refractivity contribution in [3.63, 3.8) is 0 Å². The van der Waals surface area contributed by atoms with E-state index in [1.54, 1.807) is 6.07 Å². The van der Waals surface area contributed by atoms with Crippen molar-refractivity contribution in [1.82, 2.24) is 4.98 Å². The van der Waals surface area contributed by atoms with E-state index in [1.165, 1.54) is 23.5 Å². The Labute approximate surface area is 114 Å². The Kier molecular flexibility index (Phi) is 4.00. The molecule has 0 fully saturated rings. The molecule has 0 saturated heterocycles. The minimum atomic E-state index is -0.656. The van der Waals surface area contributed by atoms with Crippen LogP contribution in [0.1, 0.15) is 27.2 Å². The SMILES string of the molecule is Cc1nc(C)c(C(O)Cc2ccc(Cl)c(F)c2)s1. The van der Waals surface area contributed by atoms with Crippen LogP contribution in [0.15, 0.2) is 18.2 Å². The van der Waals surface area contributed by atoms with E-state index < -0.39 is 11.9 Å². The Hall–Kier alpha value is -0.970. The highest BCUT2D eigenvalue weighted by Crippen LogP contribution is 2.28. The Balaban J connectivity index is 2.18. The molecule has 0 aliphatic rings. The summed E-state index contributed by atoms with van der Waals surface area (Å²) in [6, 6.07) is 4.58. The number of rotatable bonds is 3.